The second kappa shape index (κ2) is 6.42. The largest absolute Gasteiger partial charge is 0.372 e. The van der Waals surface area contributed by atoms with E-state index in [1.807, 2.05) is 24.3 Å². The van der Waals surface area contributed by atoms with Crippen LogP contribution in [0.25, 0.3) is 0 Å². The minimum atomic E-state index is -0.184. The Morgan fingerprint density at radius 3 is 2.30 bits per heavy atom. The molecule has 0 unspecified atom stereocenters. The van der Waals surface area contributed by atoms with Crippen molar-refractivity contribution in [2.24, 2.45) is 5.41 Å². The molecule has 0 aromatic heterocycles. The van der Waals surface area contributed by atoms with Crippen molar-refractivity contribution in [1.29, 1.82) is 0 Å². The Balaban J connectivity index is 1.90. The average molecular weight is 381 g/mol. The van der Waals surface area contributed by atoms with Gasteiger partial charge in [0.15, 0.2) is 5.78 Å². The standard InChI is InChI=1S/C23H25ClN2O/c1-13-9-17-18(10-14(13)2)26-22(15-5-7-16(24)8-6-15)21-19(25-17)11-23(3,4)12-20(21)27/h5-10,22,25-26H,11-12H2,1-4H3/t22-/m1/s1. The molecule has 0 radical (unpaired) electrons. The number of anilines is 2. The lowest BCUT2D eigenvalue weighted by molar-refractivity contribution is -0.118. The molecule has 0 amide bonds. The van der Waals surface area contributed by atoms with E-state index in [1.165, 1.54) is 11.1 Å². The van der Waals surface area contributed by atoms with Crippen LogP contribution >= 0.6 is 11.6 Å². The molecule has 3 nitrogen and oxygen atoms in total. The monoisotopic (exact) mass is 380 g/mol. The van der Waals surface area contributed by atoms with E-state index >= 15 is 0 Å². The molecular formula is C23H25ClN2O. The van der Waals surface area contributed by atoms with Gasteiger partial charge in [-0.25, -0.2) is 0 Å². The zero-order valence-electron chi connectivity index (χ0n) is 16.2. The number of hydrogen-bond acceptors (Lipinski definition) is 3. The number of aryl methyl sites for hydroxylation is 2. The molecule has 0 saturated heterocycles. The third-order valence-electron chi connectivity index (χ3n) is 5.63. The van der Waals surface area contributed by atoms with E-state index in [0.717, 1.165) is 34.6 Å². The highest BCUT2D eigenvalue weighted by atomic mass is 35.5. The van der Waals surface area contributed by atoms with E-state index in [2.05, 4.69) is 50.5 Å². The summed E-state index contributed by atoms with van der Waals surface area (Å²) in [6, 6.07) is 11.9. The highest BCUT2D eigenvalue weighted by molar-refractivity contribution is 6.30. The molecule has 0 spiro atoms. The number of carbonyl (C=O) groups excluding carboxylic acids is 1. The summed E-state index contributed by atoms with van der Waals surface area (Å²) in [7, 11) is 0. The van der Waals surface area contributed by atoms with Gasteiger partial charge in [0.25, 0.3) is 0 Å². The predicted molar refractivity (Wildman–Crippen MR) is 112 cm³/mol. The Bertz CT molecular complexity index is 957. The normalized spacial score (nSPS) is 20.9. The summed E-state index contributed by atoms with van der Waals surface area (Å²) in [5, 5.41) is 7.93. The number of Topliss-reactive ketones (excluding diaryl/α,β-unsaturated/α-hetero) is 1. The number of fused-ring (bicyclic) bond motifs is 1. The first kappa shape index (κ1) is 18.1. The van der Waals surface area contributed by atoms with Crippen LogP contribution in [0.2, 0.25) is 5.02 Å². The first-order valence-corrected chi connectivity index (χ1v) is 9.78. The molecule has 0 saturated carbocycles. The number of allylic oxidation sites excluding steroid dienone is 1. The van der Waals surface area contributed by atoms with Gasteiger partial charge in [-0.3, -0.25) is 4.79 Å². The van der Waals surface area contributed by atoms with Crippen LogP contribution in [0.4, 0.5) is 11.4 Å². The summed E-state index contributed by atoms with van der Waals surface area (Å²) in [5.74, 6) is 0.211. The number of hydrogen-bond donors (Lipinski definition) is 2. The van der Waals surface area contributed by atoms with Crippen molar-refractivity contribution >= 4 is 28.8 Å². The molecule has 1 aliphatic carbocycles. The molecule has 0 fully saturated rings. The summed E-state index contributed by atoms with van der Waals surface area (Å²) >= 11 is 6.09. The van der Waals surface area contributed by atoms with Crippen molar-refractivity contribution in [3.63, 3.8) is 0 Å². The minimum absolute atomic E-state index is 0.0439. The molecule has 4 rings (SSSR count). The lowest BCUT2D eigenvalue weighted by atomic mass is 9.73. The summed E-state index contributed by atoms with van der Waals surface area (Å²) < 4.78 is 0. The number of halogens is 1. The maximum atomic E-state index is 13.2. The number of rotatable bonds is 1. The van der Waals surface area contributed by atoms with Gasteiger partial charge in [-0.1, -0.05) is 37.6 Å². The van der Waals surface area contributed by atoms with Gasteiger partial charge in [-0.2, -0.15) is 0 Å². The zero-order valence-corrected chi connectivity index (χ0v) is 17.0. The maximum Gasteiger partial charge on any atom is 0.163 e. The van der Waals surface area contributed by atoms with Gasteiger partial charge in [0.2, 0.25) is 0 Å². The number of benzene rings is 2. The SMILES string of the molecule is Cc1cc2c(cc1C)N[C@H](c1ccc(Cl)cc1)C1=C(CC(C)(C)CC1=O)N2. The predicted octanol–water partition coefficient (Wildman–Crippen LogP) is 6.18. The average Bonchev–Trinajstić information content (AvgIpc) is 2.71. The van der Waals surface area contributed by atoms with Crippen LogP contribution in [-0.4, -0.2) is 5.78 Å². The second-order valence-corrected chi connectivity index (χ2v) is 9.01. The number of nitrogens with one attached hydrogen (secondary N) is 2. The molecule has 27 heavy (non-hydrogen) atoms. The molecule has 0 bridgehead atoms. The van der Waals surface area contributed by atoms with Crippen molar-refractivity contribution in [2.75, 3.05) is 10.6 Å². The van der Waals surface area contributed by atoms with Gasteiger partial charge in [0, 0.05) is 22.7 Å². The Morgan fingerprint density at radius 2 is 1.63 bits per heavy atom. The Kier molecular flexibility index (Phi) is 4.31. The maximum absolute atomic E-state index is 13.2. The minimum Gasteiger partial charge on any atom is -0.372 e. The fourth-order valence-electron chi connectivity index (χ4n) is 4.12. The van der Waals surface area contributed by atoms with Crippen LogP contribution in [-0.2, 0) is 4.79 Å². The Morgan fingerprint density at radius 1 is 1.00 bits per heavy atom. The van der Waals surface area contributed by atoms with E-state index in [0.29, 0.717) is 11.4 Å². The van der Waals surface area contributed by atoms with E-state index in [4.69, 9.17) is 11.6 Å². The Hall–Kier alpha value is -2.26. The number of ketones is 1. The van der Waals surface area contributed by atoms with Gasteiger partial charge in [-0.15, -0.1) is 0 Å². The quantitative estimate of drug-likeness (QED) is 0.620. The summed E-state index contributed by atoms with van der Waals surface area (Å²) in [4.78, 5) is 13.2. The van der Waals surface area contributed by atoms with Crippen LogP contribution < -0.4 is 10.6 Å². The van der Waals surface area contributed by atoms with E-state index in [9.17, 15) is 4.79 Å². The second-order valence-electron chi connectivity index (χ2n) is 8.57. The van der Waals surface area contributed by atoms with Crippen molar-refractivity contribution < 1.29 is 4.79 Å². The fourth-order valence-corrected chi connectivity index (χ4v) is 4.24. The Labute approximate surface area is 165 Å². The van der Waals surface area contributed by atoms with E-state index in [-0.39, 0.29) is 17.2 Å². The van der Waals surface area contributed by atoms with Gasteiger partial charge >= 0.3 is 0 Å². The summed E-state index contributed by atoms with van der Waals surface area (Å²) in [6.07, 6.45) is 1.42. The summed E-state index contributed by atoms with van der Waals surface area (Å²) in [5.41, 5.74) is 7.41. The molecule has 1 atom stereocenters. The van der Waals surface area contributed by atoms with Crippen molar-refractivity contribution in [3.05, 3.63) is 69.4 Å². The van der Waals surface area contributed by atoms with Crippen LogP contribution in [0, 0.1) is 19.3 Å². The third-order valence-corrected chi connectivity index (χ3v) is 5.88. The molecule has 2 aromatic rings. The molecule has 2 aromatic carbocycles. The first-order chi connectivity index (χ1) is 12.7. The van der Waals surface area contributed by atoms with Gasteiger partial charge < -0.3 is 10.6 Å². The van der Waals surface area contributed by atoms with Gasteiger partial charge in [-0.05, 0) is 66.6 Å². The topological polar surface area (TPSA) is 41.1 Å². The first-order valence-electron chi connectivity index (χ1n) is 9.40. The lowest BCUT2D eigenvalue weighted by Gasteiger charge is -2.34. The highest BCUT2D eigenvalue weighted by Gasteiger charge is 2.38. The fraction of sp³-hybridized carbons (Fsp3) is 0.348. The molecule has 1 heterocycles. The molecule has 2 N–H and O–H groups in total. The van der Waals surface area contributed by atoms with Crippen LogP contribution in [0.15, 0.2) is 47.7 Å². The molecule has 2 aliphatic rings. The molecule has 4 heteroatoms. The molecular weight excluding hydrogens is 356 g/mol. The summed E-state index contributed by atoms with van der Waals surface area (Å²) in [6.45, 7) is 8.55. The van der Waals surface area contributed by atoms with Crippen molar-refractivity contribution in [1.82, 2.24) is 0 Å². The zero-order chi connectivity index (χ0) is 19.3. The highest BCUT2D eigenvalue weighted by Crippen LogP contribution is 2.45. The smallest absolute Gasteiger partial charge is 0.163 e. The number of carbonyl (C=O) groups is 1. The van der Waals surface area contributed by atoms with Crippen molar-refractivity contribution in [2.45, 2.75) is 46.6 Å². The van der Waals surface area contributed by atoms with E-state index < -0.39 is 0 Å². The van der Waals surface area contributed by atoms with Gasteiger partial charge in [0.05, 0.1) is 17.4 Å². The lowest BCUT2D eigenvalue weighted by Crippen LogP contribution is -2.31. The van der Waals surface area contributed by atoms with E-state index in [1.54, 1.807) is 0 Å². The van der Waals surface area contributed by atoms with Crippen LogP contribution in [0.5, 0.6) is 0 Å². The van der Waals surface area contributed by atoms with Gasteiger partial charge in [0.1, 0.15) is 0 Å². The van der Waals surface area contributed by atoms with Crippen LogP contribution in [0.1, 0.15) is 49.4 Å². The van der Waals surface area contributed by atoms with Crippen LogP contribution in [0.3, 0.4) is 0 Å². The molecule has 140 valence electrons. The third kappa shape index (κ3) is 3.37. The molecule has 1 aliphatic heterocycles. The van der Waals surface area contributed by atoms with Crippen molar-refractivity contribution in [3.8, 4) is 0 Å².